The largest absolute Gasteiger partial charge is 0.300 e. The molecule has 0 fully saturated rings. The monoisotopic (exact) mass is 388 g/mol. The zero-order valence-corrected chi connectivity index (χ0v) is 19.8. The molecule has 0 rings (SSSR count). The minimum absolute atomic E-state index is 0.276. The van der Waals surface area contributed by atoms with E-state index in [2.05, 4.69) is 65.8 Å². The fraction of sp³-hybridized carbons (Fsp3) is 0.615. The van der Waals surface area contributed by atoms with Gasteiger partial charge in [0.15, 0.2) is 0 Å². The van der Waals surface area contributed by atoms with Gasteiger partial charge in [-0.1, -0.05) is 46.6 Å². The Hall–Kier alpha value is -1.70. The molecule has 0 amide bonds. The molecule has 0 aromatic carbocycles. The van der Waals surface area contributed by atoms with Gasteiger partial charge in [0.25, 0.3) is 0 Å². The van der Waals surface area contributed by atoms with E-state index in [1.165, 1.54) is 22.3 Å². The molecular formula is C26H44O2. The van der Waals surface area contributed by atoms with Gasteiger partial charge in [0.1, 0.15) is 11.6 Å². The highest BCUT2D eigenvalue weighted by Gasteiger charge is 1.93. The number of hydrogen-bond donors (Lipinski definition) is 0. The second-order valence-electron chi connectivity index (χ2n) is 8.22. The van der Waals surface area contributed by atoms with Crippen LogP contribution in [0.25, 0.3) is 0 Å². The van der Waals surface area contributed by atoms with Crippen molar-refractivity contribution in [3.8, 4) is 0 Å². The highest BCUT2D eigenvalue weighted by molar-refractivity contribution is 5.75. The Morgan fingerprint density at radius 3 is 1.00 bits per heavy atom. The predicted octanol–water partition coefficient (Wildman–Crippen LogP) is 8.10. The van der Waals surface area contributed by atoms with Crippen LogP contribution in [-0.4, -0.2) is 11.6 Å². The van der Waals surface area contributed by atoms with Crippen LogP contribution in [0.1, 0.15) is 107 Å². The molecule has 0 unspecified atom stereocenters. The van der Waals surface area contributed by atoms with Crippen molar-refractivity contribution in [3.05, 3.63) is 46.6 Å². The molecule has 0 saturated carbocycles. The van der Waals surface area contributed by atoms with Crippen molar-refractivity contribution < 1.29 is 9.59 Å². The van der Waals surface area contributed by atoms with Crippen LogP contribution in [0.3, 0.4) is 0 Å². The first-order valence-electron chi connectivity index (χ1n) is 10.6. The number of carbonyl (C=O) groups excluding carboxylic acids is 2. The van der Waals surface area contributed by atoms with Crippen LogP contribution in [0, 0.1) is 0 Å². The maximum Gasteiger partial charge on any atom is 0.130 e. The van der Waals surface area contributed by atoms with Gasteiger partial charge < -0.3 is 9.59 Å². The van der Waals surface area contributed by atoms with Gasteiger partial charge in [0.2, 0.25) is 0 Å². The van der Waals surface area contributed by atoms with Crippen molar-refractivity contribution in [1.29, 1.82) is 0 Å². The molecule has 0 spiro atoms. The van der Waals surface area contributed by atoms with Gasteiger partial charge >= 0.3 is 0 Å². The molecule has 0 heterocycles. The molecular weight excluding hydrogens is 344 g/mol. The quantitative estimate of drug-likeness (QED) is 0.316. The van der Waals surface area contributed by atoms with Crippen molar-refractivity contribution in [2.45, 2.75) is 107 Å². The molecule has 2 nitrogen and oxygen atoms in total. The van der Waals surface area contributed by atoms with E-state index in [0.717, 1.165) is 38.5 Å². The SMILES string of the molecule is CC(=O)CC/C=C(\C)CCC=C(C)C.CC(=O)CCC=C(C)CCC=C(C)C. The van der Waals surface area contributed by atoms with Gasteiger partial charge in [-0.2, -0.15) is 0 Å². The maximum atomic E-state index is 10.7. The number of carbonyl (C=O) groups is 2. The molecule has 2 heteroatoms. The van der Waals surface area contributed by atoms with E-state index in [9.17, 15) is 9.59 Å². The number of hydrogen-bond acceptors (Lipinski definition) is 2. The first-order chi connectivity index (χ1) is 13.0. The summed E-state index contributed by atoms with van der Waals surface area (Å²) < 4.78 is 0. The molecule has 0 radical (unpaired) electrons. The normalized spacial score (nSPS) is 11.3. The number of rotatable bonds is 12. The molecule has 0 saturated heterocycles. The minimum Gasteiger partial charge on any atom is -0.300 e. The Kier molecular flexibility index (Phi) is 19.0. The summed E-state index contributed by atoms with van der Waals surface area (Å²) in [6.07, 6.45) is 16.5. The summed E-state index contributed by atoms with van der Waals surface area (Å²) in [6.45, 7) is 16.0. The van der Waals surface area contributed by atoms with E-state index in [1.807, 2.05) is 0 Å². The van der Waals surface area contributed by atoms with E-state index in [0.29, 0.717) is 12.8 Å². The van der Waals surface area contributed by atoms with E-state index < -0.39 is 0 Å². The number of Topliss-reactive ketones (excluding diaryl/α,β-unsaturated/α-hetero) is 2. The smallest absolute Gasteiger partial charge is 0.130 e. The third-order valence-corrected chi connectivity index (χ3v) is 4.16. The Morgan fingerprint density at radius 1 is 0.464 bits per heavy atom. The Morgan fingerprint density at radius 2 is 0.750 bits per heavy atom. The lowest BCUT2D eigenvalue weighted by Gasteiger charge is -1.98. The lowest BCUT2D eigenvalue weighted by molar-refractivity contribution is -0.117. The van der Waals surface area contributed by atoms with Crippen LogP contribution in [0.2, 0.25) is 0 Å². The van der Waals surface area contributed by atoms with Gasteiger partial charge in [0, 0.05) is 12.8 Å². The molecule has 160 valence electrons. The standard InChI is InChI=1S/2C13H22O/c2*1-11(2)7-5-8-12(3)9-6-10-13(4)14/h2*7,9H,5-6,8,10H2,1-4H3/b12-9+;. The summed E-state index contributed by atoms with van der Waals surface area (Å²) >= 11 is 0. The van der Waals surface area contributed by atoms with Gasteiger partial charge in [0.05, 0.1) is 0 Å². The van der Waals surface area contributed by atoms with Crippen LogP contribution in [-0.2, 0) is 9.59 Å². The summed E-state index contributed by atoms with van der Waals surface area (Å²) in [4.78, 5) is 21.4. The predicted molar refractivity (Wildman–Crippen MR) is 125 cm³/mol. The van der Waals surface area contributed by atoms with Gasteiger partial charge in [-0.15, -0.1) is 0 Å². The van der Waals surface area contributed by atoms with Gasteiger partial charge in [-0.05, 0) is 93.9 Å². The summed E-state index contributed by atoms with van der Waals surface area (Å²) in [6, 6.07) is 0. The lowest BCUT2D eigenvalue weighted by Crippen LogP contribution is -1.87. The van der Waals surface area contributed by atoms with Crippen molar-refractivity contribution in [2.75, 3.05) is 0 Å². The minimum atomic E-state index is 0.276. The average molecular weight is 389 g/mol. The van der Waals surface area contributed by atoms with Crippen LogP contribution >= 0.6 is 0 Å². The van der Waals surface area contributed by atoms with Crippen molar-refractivity contribution >= 4 is 11.6 Å². The number of allylic oxidation sites excluding steroid dienone is 8. The summed E-state index contributed by atoms with van der Waals surface area (Å²) in [5.74, 6) is 0.552. The molecule has 0 bridgehead atoms. The topological polar surface area (TPSA) is 34.1 Å². The van der Waals surface area contributed by atoms with Crippen molar-refractivity contribution in [2.24, 2.45) is 0 Å². The number of ketones is 2. The van der Waals surface area contributed by atoms with Crippen molar-refractivity contribution in [3.63, 3.8) is 0 Å². The molecule has 0 aliphatic carbocycles. The highest BCUT2D eigenvalue weighted by atomic mass is 16.1. The molecule has 28 heavy (non-hydrogen) atoms. The van der Waals surface area contributed by atoms with E-state index in [4.69, 9.17) is 0 Å². The molecule has 0 aromatic heterocycles. The van der Waals surface area contributed by atoms with E-state index in [1.54, 1.807) is 13.8 Å². The van der Waals surface area contributed by atoms with Gasteiger partial charge in [-0.3, -0.25) is 0 Å². The van der Waals surface area contributed by atoms with Crippen LogP contribution in [0.15, 0.2) is 46.6 Å². The highest BCUT2D eigenvalue weighted by Crippen LogP contribution is 2.09. The first-order valence-corrected chi connectivity index (χ1v) is 10.6. The zero-order valence-electron chi connectivity index (χ0n) is 19.8. The molecule has 0 atom stereocenters. The summed E-state index contributed by atoms with van der Waals surface area (Å²) in [7, 11) is 0. The second-order valence-corrected chi connectivity index (χ2v) is 8.22. The van der Waals surface area contributed by atoms with Crippen molar-refractivity contribution in [1.82, 2.24) is 0 Å². The Labute approximate surface area is 174 Å². The molecule has 0 aromatic rings. The first kappa shape index (κ1) is 28.5. The lowest BCUT2D eigenvalue weighted by atomic mass is 10.1. The average Bonchev–Trinajstić information content (AvgIpc) is 2.54. The maximum absolute atomic E-state index is 10.7. The Balaban J connectivity index is 0. The third-order valence-electron chi connectivity index (χ3n) is 4.16. The molecule has 0 N–H and O–H groups in total. The fourth-order valence-electron chi connectivity index (χ4n) is 2.42. The van der Waals surface area contributed by atoms with Crippen LogP contribution in [0.4, 0.5) is 0 Å². The summed E-state index contributed by atoms with van der Waals surface area (Å²) in [5.41, 5.74) is 5.54. The van der Waals surface area contributed by atoms with E-state index in [-0.39, 0.29) is 11.6 Å². The van der Waals surface area contributed by atoms with E-state index >= 15 is 0 Å². The molecule has 0 aliphatic heterocycles. The van der Waals surface area contributed by atoms with Crippen LogP contribution in [0.5, 0.6) is 0 Å². The fourth-order valence-corrected chi connectivity index (χ4v) is 2.42. The second kappa shape index (κ2) is 18.7. The third kappa shape index (κ3) is 26.5. The van der Waals surface area contributed by atoms with Gasteiger partial charge in [-0.25, -0.2) is 0 Å². The van der Waals surface area contributed by atoms with Crippen LogP contribution < -0.4 is 0 Å². The molecule has 0 aliphatic rings. The Bertz CT molecular complexity index is 511. The zero-order chi connectivity index (χ0) is 21.9. The summed E-state index contributed by atoms with van der Waals surface area (Å²) in [5, 5.41) is 0.